The first-order valence-electron chi connectivity index (χ1n) is 4.17. The third-order valence-electron chi connectivity index (χ3n) is 0.972. The fourth-order valence-corrected chi connectivity index (χ4v) is 1.49. The minimum absolute atomic E-state index is 1.49. The van der Waals surface area contributed by atoms with E-state index in [0.29, 0.717) is 0 Å². The fraction of sp³-hybridized carbons (Fsp3) is 0.571. The second-order valence-electron chi connectivity index (χ2n) is 2.23. The Bertz CT molecular complexity index is 194. The molecule has 0 saturated heterocycles. The minimum Gasteiger partial charge on any atom is -0.374 e. The summed E-state index contributed by atoms with van der Waals surface area (Å²) in [6, 6.07) is 0. The van der Waals surface area contributed by atoms with Crippen LogP contribution >= 0.6 is 0 Å². The number of oxime groups is 3. The van der Waals surface area contributed by atoms with E-state index < -0.39 is 8.80 Å². The van der Waals surface area contributed by atoms with Crippen molar-refractivity contribution < 1.29 is 13.6 Å². The molecule has 6 nitrogen and oxygen atoms in total. The molecule has 0 aromatic heterocycles. The maximum absolute atomic E-state index is 5.02. The Morgan fingerprint density at radius 2 is 1.07 bits per heavy atom. The molecule has 14 heavy (non-hydrogen) atoms. The van der Waals surface area contributed by atoms with Crippen molar-refractivity contribution >= 4 is 27.4 Å². The Morgan fingerprint density at radius 1 is 0.786 bits per heavy atom. The van der Waals surface area contributed by atoms with E-state index >= 15 is 0 Å². The second kappa shape index (κ2) is 7.07. The maximum atomic E-state index is 5.02. The first kappa shape index (κ1) is 12.6. The third-order valence-corrected chi connectivity index (χ3v) is 2.28. The molecule has 0 N–H and O–H groups in total. The highest BCUT2D eigenvalue weighted by atomic mass is 28.4. The van der Waals surface area contributed by atoms with Crippen molar-refractivity contribution in [3.05, 3.63) is 0 Å². The topological polar surface area (TPSA) is 64.8 Å². The summed E-state index contributed by atoms with van der Waals surface area (Å²) in [4.78, 5) is 0. The predicted octanol–water partition coefficient (Wildman–Crippen LogP) is 1.62. The number of rotatable bonds is 6. The summed E-state index contributed by atoms with van der Waals surface area (Å²) in [5.74, 6) is 0. The molecule has 0 aliphatic rings. The Balaban J connectivity index is 4.30. The van der Waals surface area contributed by atoms with Crippen LogP contribution < -0.4 is 0 Å². The van der Waals surface area contributed by atoms with E-state index in [1.54, 1.807) is 27.3 Å². The largest absolute Gasteiger partial charge is 0.759 e. The molecule has 0 aliphatic carbocycles. The fourth-order valence-electron chi connectivity index (χ4n) is 0.495. The summed E-state index contributed by atoms with van der Waals surface area (Å²) in [6.07, 6.45) is 4.47. The third kappa shape index (κ3) is 5.30. The molecule has 0 spiro atoms. The van der Waals surface area contributed by atoms with E-state index in [1.807, 2.05) is 0 Å². The molecule has 0 bridgehead atoms. The first-order chi connectivity index (χ1) is 6.68. The molecule has 7 heteroatoms. The van der Waals surface area contributed by atoms with Crippen LogP contribution in [0.4, 0.5) is 0 Å². The summed E-state index contributed by atoms with van der Waals surface area (Å²) < 4.78 is 15.1. The Labute approximate surface area is 84.6 Å². The molecule has 0 amide bonds. The summed E-state index contributed by atoms with van der Waals surface area (Å²) in [6.45, 7) is 6.81. The van der Waals surface area contributed by atoms with Crippen molar-refractivity contribution in [2.45, 2.75) is 27.3 Å². The molecule has 0 aromatic carbocycles. The standard InChI is InChI=1S/C7H15N3O3Si/c1-5-8-11-14(4,12-9-6-2)13-10-7-3/h5-7H,1-4H3. The molecule has 0 aromatic rings. The van der Waals surface area contributed by atoms with Crippen molar-refractivity contribution in [3.63, 3.8) is 0 Å². The van der Waals surface area contributed by atoms with Gasteiger partial charge in [0.25, 0.3) is 0 Å². The van der Waals surface area contributed by atoms with E-state index in [4.69, 9.17) is 13.6 Å². The maximum Gasteiger partial charge on any atom is 0.759 e. The first-order valence-corrected chi connectivity index (χ1v) is 6.39. The van der Waals surface area contributed by atoms with Crippen molar-refractivity contribution in [1.82, 2.24) is 0 Å². The van der Waals surface area contributed by atoms with Gasteiger partial charge in [0.1, 0.15) is 0 Å². The highest BCUT2D eigenvalue weighted by molar-refractivity contribution is 6.59. The highest BCUT2D eigenvalue weighted by Gasteiger charge is 2.44. The van der Waals surface area contributed by atoms with E-state index in [9.17, 15) is 0 Å². The van der Waals surface area contributed by atoms with Crippen LogP contribution in [-0.4, -0.2) is 27.4 Å². The van der Waals surface area contributed by atoms with Crippen LogP contribution in [0, 0.1) is 0 Å². The van der Waals surface area contributed by atoms with Crippen LogP contribution in [0.3, 0.4) is 0 Å². The zero-order valence-corrected chi connectivity index (χ0v) is 9.80. The predicted molar refractivity (Wildman–Crippen MR) is 57.4 cm³/mol. The van der Waals surface area contributed by atoms with Crippen molar-refractivity contribution in [2.24, 2.45) is 15.5 Å². The lowest BCUT2D eigenvalue weighted by Gasteiger charge is -2.16. The summed E-state index contributed by atoms with van der Waals surface area (Å²) in [5.41, 5.74) is 0. The van der Waals surface area contributed by atoms with Gasteiger partial charge >= 0.3 is 8.80 Å². The second-order valence-corrected chi connectivity index (χ2v) is 4.50. The lowest BCUT2D eigenvalue weighted by Crippen LogP contribution is -2.37. The lowest BCUT2D eigenvalue weighted by molar-refractivity contribution is 0.0744. The van der Waals surface area contributed by atoms with Crippen molar-refractivity contribution in [3.8, 4) is 0 Å². The number of hydrogen-bond donors (Lipinski definition) is 0. The van der Waals surface area contributed by atoms with Crippen molar-refractivity contribution in [2.75, 3.05) is 0 Å². The van der Waals surface area contributed by atoms with Crippen LogP contribution in [-0.2, 0) is 13.6 Å². The number of hydrogen-bond acceptors (Lipinski definition) is 6. The highest BCUT2D eigenvalue weighted by Crippen LogP contribution is 2.10. The zero-order valence-electron chi connectivity index (χ0n) is 8.80. The van der Waals surface area contributed by atoms with Crippen LogP contribution in [0.2, 0.25) is 6.55 Å². The molecular weight excluding hydrogens is 202 g/mol. The minimum atomic E-state index is -2.91. The van der Waals surface area contributed by atoms with Gasteiger partial charge in [0.05, 0.1) is 0 Å². The van der Waals surface area contributed by atoms with Crippen LogP contribution in [0.5, 0.6) is 0 Å². The Hall–Kier alpha value is -1.37. The van der Waals surface area contributed by atoms with Crippen LogP contribution in [0.25, 0.3) is 0 Å². The van der Waals surface area contributed by atoms with Gasteiger partial charge in [-0.05, 0) is 20.8 Å². The smallest absolute Gasteiger partial charge is 0.374 e. The molecule has 0 heterocycles. The van der Waals surface area contributed by atoms with Gasteiger partial charge in [0.15, 0.2) is 0 Å². The molecule has 80 valence electrons. The molecule has 0 unspecified atom stereocenters. The SMILES string of the molecule is CC=NO[Si](C)(ON=CC)ON=CC. The average Bonchev–Trinajstić information content (AvgIpc) is 2.21. The van der Waals surface area contributed by atoms with Gasteiger partial charge in [0.2, 0.25) is 0 Å². The van der Waals surface area contributed by atoms with Gasteiger partial charge in [-0.3, -0.25) is 0 Å². The summed E-state index contributed by atoms with van der Waals surface area (Å²) >= 11 is 0. The molecule has 0 saturated carbocycles. The van der Waals surface area contributed by atoms with E-state index in [-0.39, 0.29) is 0 Å². The Morgan fingerprint density at radius 3 is 1.29 bits per heavy atom. The van der Waals surface area contributed by atoms with Gasteiger partial charge < -0.3 is 13.6 Å². The van der Waals surface area contributed by atoms with Crippen LogP contribution in [0.1, 0.15) is 20.8 Å². The molecule has 0 rings (SSSR count). The Kier molecular flexibility index (Phi) is 6.38. The van der Waals surface area contributed by atoms with Gasteiger partial charge in [-0.15, -0.1) is 15.5 Å². The molecule has 0 fully saturated rings. The zero-order chi connectivity index (χ0) is 10.9. The number of nitrogens with zero attached hydrogens (tertiary/aromatic N) is 3. The molecule has 0 aliphatic heterocycles. The lowest BCUT2D eigenvalue weighted by atomic mass is 10.9. The van der Waals surface area contributed by atoms with Gasteiger partial charge in [-0.1, -0.05) is 0 Å². The van der Waals surface area contributed by atoms with Gasteiger partial charge in [-0.25, -0.2) is 0 Å². The van der Waals surface area contributed by atoms with E-state index in [2.05, 4.69) is 15.5 Å². The van der Waals surface area contributed by atoms with Gasteiger partial charge in [-0.2, -0.15) is 0 Å². The summed E-state index contributed by atoms with van der Waals surface area (Å²) in [7, 11) is -2.91. The van der Waals surface area contributed by atoms with E-state index in [1.165, 1.54) is 18.6 Å². The molecule has 0 atom stereocenters. The monoisotopic (exact) mass is 217 g/mol. The molecule has 0 radical (unpaired) electrons. The van der Waals surface area contributed by atoms with Gasteiger partial charge in [0, 0.05) is 25.2 Å². The quantitative estimate of drug-likeness (QED) is 0.386. The van der Waals surface area contributed by atoms with E-state index in [0.717, 1.165) is 0 Å². The normalized spacial score (nSPS) is 16.3. The average molecular weight is 217 g/mol. The molecular formula is C7H15N3O3Si. The van der Waals surface area contributed by atoms with Crippen LogP contribution in [0.15, 0.2) is 15.5 Å². The summed E-state index contributed by atoms with van der Waals surface area (Å²) in [5, 5.41) is 10.8. The van der Waals surface area contributed by atoms with Crippen molar-refractivity contribution in [1.29, 1.82) is 0 Å².